The smallest absolute Gasteiger partial charge is 0.155 e. The second-order valence-electron chi connectivity index (χ2n) is 7.06. The average molecular weight is 318 g/mol. The van der Waals surface area contributed by atoms with E-state index in [0.717, 1.165) is 5.52 Å². The Bertz CT molecular complexity index is 1160. The molecule has 0 radical (unpaired) electrons. The monoisotopic (exact) mass is 318 g/mol. The zero-order valence-electron chi connectivity index (χ0n) is 15.6. The van der Waals surface area contributed by atoms with Gasteiger partial charge in [-0.05, 0) is 78.0 Å². The van der Waals surface area contributed by atoms with E-state index in [4.69, 9.17) is 5.10 Å². The second kappa shape index (κ2) is 4.79. The van der Waals surface area contributed by atoms with E-state index in [1.165, 1.54) is 54.9 Å². The minimum atomic E-state index is 1.11. The molecular formula is C21H24N3+. The highest BCUT2D eigenvalue weighted by atomic mass is 15.5. The van der Waals surface area contributed by atoms with Crippen molar-refractivity contribution in [1.29, 1.82) is 0 Å². The molecule has 3 nitrogen and oxygen atoms in total. The minimum Gasteiger partial charge on any atom is -0.155 e. The minimum absolute atomic E-state index is 1.11. The Labute approximate surface area is 142 Å². The molecule has 0 amide bonds. The second-order valence-corrected chi connectivity index (χ2v) is 7.06. The van der Waals surface area contributed by atoms with E-state index in [-0.39, 0.29) is 0 Å². The van der Waals surface area contributed by atoms with Crippen LogP contribution in [0.3, 0.4) is 0 Å². The van der Waals surface area contributed by atoms with E-state index < -0.39 is 0 Å². The molecule has 0 saturated carbocycles. The van der Waals surface area contributed by atoms with Crippen LogP contribution in [0.25, 0.3) is 32.6 Å². The Balaban J connectivity index is 2.54. The SMILES string of the molecule is Cc1c(C)c(C)c2c3nn(C)[n+](C)c3c3c(C)cccc3c2c1C. The molecule has 0 unspecified atom stereocenters. The number of aryl methyl sites for hydroxylation is 5. The fourth-order valence-corrected chi connectivity index (χ4v) is 4.14. The number of hydrogen-bond donors (Lipinski definition) is 0. The van der Waals surface area contributed by atoms with E-state index in [0.29, 0.717) is 0 Å². The number of aromatic nitrogens is 3. The van der Waals surface area contributed by atoms with Crippen molar-refractivity contribution < 1.29 is 4.68 Å². The predicted molar refractivity (Wildman–Crippen MR) is 101 cm³/mol. The summed E-state index contributed by atoms with van der Waals surface area (Å²) in [6.07, 6.45) is 0. The van der Waals surface area contributed by atoms with Gasteiger partial charge < -0.3 is 0 Å². The quantitative estimate of drug-likeness (QED) is 0.351. The third-order valence-corrected chi connectivity index (χ3v) is 5.93. The summed E-state index contributed by atoms with van der Waals surface area (Å²) in [6.45, 7) is 11.2. The molecule has 3 heteroatoms. The summed E-state index contributed by atoms with van der Waals surface area (Å²) in [7, 11) is 4.11. The first-order chi connectivity index (χ1) is 11.3. The number of hydrogen-bond acceptors (Lipinski definition) is 1. The van der Waals surface area contributed by atoms with Crippen molar-refractivity contribution in [3.8, 4) is 0 Å². The third-order valence-electron chi connectivity index (χ3n) is 5.93. The van der Waals surface area contributed by atoms with Crippen LogP contribution in [0.4, 0.5) is 0 Å². The normalized spacial score (nSPS) is 12.0. The van der Waals surface area contributed by atoms with Crippen LogP contribution in [0, 0.1) is 34.6 Å². The molecule has 4 aromatic rings. The Morgan fingerprint density at radius 1 is 0.833 bits per heavy atom. The highest BCUT2D eigenvalue weighted by Gasteiger charge is 2.25. The summed E-state index contributed by atoms with van der Waals surface area (Å²) < 4.78 is 2.16. The number of benzene rings is 3. The number of nitrogens with zero attached hydrogens (tertiary/aromatic N) is 3. The van der Waals surface area contributed by atoms with Crippen molar-refractivity contribution in [2.24, 2.45) is 14.1 Å². The zero-order chi connectivity index (χ0) is 17.3. The van der Waals surface area contributed by atoms with Gasteiger partial charge in [0.2, 0.25) is 5.52 Å². The Hall–Kier alpha value is -2.42. The van der Waals surface area contributed by atoms with Gasteiger partial charge in [0.05, 0.1) is 7.05 Å². The van der Waals surface area contributed by atoms with Gasteiger partial charge in [-0.3, -0.25) is 0 Å². The lowest BCUT2D eigenvalue weighted by atomic mass is 9.87. The van der Waals surface area contributed by atoms with Crippen LogP contribution in [0.15, 0.2) is 18.2 Å². The van der Waals surface area contributed by atoms with Gasteiger partial charge in [0.25, 0.3) is 5.52 Å². The molecule has 0 bridgehead atoms. The van der Waals surface area contributed by atoms with Crippen molar-refractivity contribution in [2.45, 2.75) is 34.6 Å². The summed E-state index contributed by atoms with van der Waals surface area (Å²) >= 11 is 0. The number of fused-ring (bicyclic) bond motifs is 6. The van der Waals surface area contributed by atoms with Gasteiger partial charge in [-0.2, -0.15) is 4.68 Å². The van der Waals surface area contributed by atoms with Crippen molar-refractivity contribution in [2.75, 3.05) is 0 Å². The van der Waals surface area contributed by atoms with Crippen LogP contribution >= 0.6 is 0 Å². The maximum atomic E-state index is 4.88. The molecule has 122 valence electrons. The summed E-state index contributed by atoms with van der Waals surface area (Å²) in [5.41, 5.74) is 9.13. The fraction of sp³-hybridized carbons (Fsp3) is 0.333. The average Bonchev–Trinajstić information content (AvgIpc) is 2.85. The molecule has 0 spiro atoms. The standard InChI is InChI=1S/C21H24N3/c1-11-9-8-10-16-17(11)21-20(22-24(7)23(21)6)19-15(5)13(3)12(2)14(4)18(16)19/h8-10H,1-7H3/q+1. The van der Waals surface area contributed by atoms with Gasteiger partial charge in [-0.25, -0.2) is 0 Å². The van der Waals surface area contributed by atoms with Crippen LogP contribution < -0.4 is 4.68 Å². The molecule has 1 aromatic heterocycles. The molecule has 0 aliphatic heterocycles. The van der Waals surface area contributed by atoms with Crippen LogP contribution in [-0.2, 0) is 14.1 Å². The maximum Gasteiger partial charge on any atom is 0.257 e. The maximum absolute atomic E-state index is 4.88. The van der Waals surface area contributed by atoms with Gasteiger partial charge in [0, 0.05) is 15.9 Å². The zero-order valence-corrected chi connectivity index (χ0v) is 15.6. The first-order valence-corrected chi connectivity index (χ1v) is 8.49. The molecule has 24 heavy (non-hydrogen) atoms. The Kier molecular flexibility index (Phi) is 3.02. The molecule has 4 rings (SSSR count). The molecule has 3 aromatic carbocycles. The first kappa shape index (κ1) is 15.1. The molecule has 1 heterocycles. The van der Waals surface area contributed by atoms with E-state index >= 15 is 0 Å². The summed E-state index contributed by atoms with van der Waals surface area (Å²) in [4.78, 5) is 1.94. The van der Waals surface area contributed by atoms with Gasteiger partial charge in [-0.15, -0.1) is 0 Å². The van der Waals surface area contributed by atoms with Crippen LogP contribution in [-0.4, -0.2) is 9.90 Å². The van der Waals surface area contributed by atoms with Crippen molar-refractivity contribution in [1.82, 2.24) is 9.90 Å². The van der Waals surface area contributed by atoms with Crippen LogP contribution in [0.5, 0.6) is 0 Å². The summed E-state index contributed by atoms with van der Waals surface area (Å²) in [6, 6.07) is 6.63. The van der Waals surface area contributed by atoms with Gasteiger partial charge >= 0.3 is 0 Å². The molecule has 0 fully saturated rings. The predicted octanol–water partition coefficient (Wildman–Crippen LogP) is 4.25. The molecule has 0 aliphatic rings. The summed E-state index contributed by atoms with van der Waals surface area (Å²) in [5.74, 6) is 0. The van der Waals surface area contributed by atoms with Gasteiger partial charge in [0.1, 0.15) is 7.05 Å². The van der Waals surface area contributed by atoms with Gasteiger partial charge in [0.15, 0.2) is 0 Å². The molecule has 0 N–H and O–H groups in total. The highest BCUT2D eigenvalue weighted by Crippen LogP contribution is 2.39. The lowest BCUT2D eigenvalue weighted by Crippen LogP contribution is -2.38. The molecular weight excluding hydrogens is 294 g/mol. The Morgan fingerprint density at radius 2 is 1.46 bits per heavy atom. The first-order valence-electron chi connectivity index (χ1n) is 8.49. The number of rotatable bonds is 0. The molecule has 0 atom stereocenters. The van der Waals surface area contributed by atoms with Gasteiger partial charge in [-0.1, -0.05) is 18.2 Å². The lowest BCUT2D eigenvalue weighted by molar-refractivity contribution is -0.732. The lowest BCUT2D eigenvalue weighted by Gasteiger charge is -2.16. The molecule has 0 saturated heterocycles. The van der Waals surface area contributed by atoms with E-state index in [9.17, 15) is 0 Å². The van der Waals surface area contributed by atoms with Crippen molar-refractivity contribution in [3.63, 3.8) is 0 Å². The van der Waals surface area contributed by atoms with Crippen LogP contribution in [0.1, 0.15) is 27.8 Å². The van der Waals surface area contributed by atoms with E-state index in [1.54, 1.807) is 0 Å². The fourth-order valence-electron chi connectivity index (χ4n) is 4.14. The van der Waals surface area contributed by atoms with E-state index in [2.05, 4.69) is 64.5 Å². The third kappa shape index (κ3) is 1.67. The van der Waals surface area contributed by atoms with Crippen molar-refractivity contribution in [3.05, 3.63) is 46.0 Å². The Morgan fingerprint density at radius 3 is 2.12 bits per heavy atom. The molecule has 0 aliphatic carbocycles. The topological polar surface area (TPSA) is 21.7 Å². The summed E-state index contributed by atoms with van der Waals surface area (Å²) in [5, 5.41) is 10.2. The largest absolute Gasteiger partial charge is 0.257 e. The van der Waals surface area contributed by atoms with Crippen LogP contribution in [0.2, 0.25) is 0 Å². The van der Waals surface area contributed by atoms with E-state index in [1.807, 2.05) is 11.8 Å². The highest BCUT2D eigenvalue weighted by molar-refractivity contribution is 6.25. The van der Waals surface area contributed by atoms with Crippen molar-refractivity contribution >= 4 is 32.6 Å².